The van der Waals surface area contributed by atoms with E-state index >= 15 is 0 Å². The Kier molecular flexibility index (Phi) is 3.92. The third-order valence-corrected chi connectivity index (χ3v) is 5.77. The van der Waals surface area contributed by atoms with Gasteiger partial charge in [-0.25, -0.2) is 0 Å². The second-order valence-electron chi connectivity index (χ2n) is 7.48. The standard InChI is InChI=1S/C18H25BrO/c1-11-7-15-14(8-13(11)16(20)10-19)17(3,4)9-12(2)18(15,5)6/h7-8,12H,9-10H2,1-6H3. The molecule has 2 heteroatoms. The van der Waals surface area contributed by atoms with E-state index in [0.29, 0.717) is 11.2 Å². The lowest BCUT2D eigenvalue weighted by Crippen LogP contribution is -2.40. The van der Waals surface area contributed by atoms with Crippen LogP contribution in [0.25, 0.3) is 0 Å². The van der Waals surface area contributed by atoms with Crippen molar-refractivity contribution in [3.63, 3.8) is 0 Å². The van der Waals surface area contributed by atoms with Gasteiger partial charge in [0, 0.05) is 5.56 Å². The molecule has 0 aliphatic heterocycles. The minimum absolute atomic E-state index is 0.138. The minimum Gasteiger partial charge on any atom is -0.293 e. The number of hydrogen-bond acceptors (Lipinski definition) is 1. The Morgan fingerprint density at radius 2 is 1.85 bits per heavy atom. The highest BCUT2D eigenvalue weighted by atomic mass is 79.9. The summed E-state index contributed by atoms with van der Waals surface area (Å²) >= 11 is 3.29. The number of ketones is 1. The van der Waals surface area contributed by atoms with E-state index in [4.69, 9.17) is 0 Å². The SMILES string of the molecule is Cc1cc2c(cc1C(=O)CBr)C(C)(C)CC(C)C2(C)C. The van der Waals surface area contributed by atoms with E-state index in [2.05, 4.69) is 69.6 Å². The topological polar surface area (TPSA) is 17.1 Å². The molecule has 1 aromatic rings. The van der Waals surface area contributed by atoms with Crippen LogP contribution in [0.4, 0.5) is 0 Å². The van der Waals surface area contributed by atoms with Crippen LogP contribution in [0.5, 0.6) is 0 Å². The molecule has 0 bridgehead atoms. The van der Waals surface area contributed by atoms with Crippen molar-refractivity contribution in [1.29, 1.82) is 0 Å². The maximum Gasteiger partial charge on any atom is 0.173 e. The van der Waals surface area contributed by atoms with Crippen molar-refractivity contribution in [2.24, 2.45) is 5.92 Å². The molecule has 0 spiro atoms. The summed E-state index contributed by atoms with van der Waals surface area (Å²) in [4.78, 5) is 12.1. The van der Waals surface area contributed by atoms with Gasteiger partial charge in [0.1, 0.15) is 0 Å². The molecule has 20 heavy (non-hydrogen) atoms. The van der Waals surface area contributed by atoms with E-state index in [-0.39, 0.29) is 16.6 Å². The van der Waals surface area contributed by atoms with Gasteiger partial charge >= 0.3 is 0 Å². The van der Waals surface area contributed by atoms with Crippen molar-refractivity contribution >= 4 is 21.7 Å². The normalized spacial score (nSPS) is 23.2. The molecule has 1 aromatic carbocycles. The van der Waals surface area contributed by atoms with Crippen molar-refractivity contribution in [3.8, 4) is 0 Å². The van der Waals surface area contributed by atoms with Gasteiger partial charge in [-0.15, -0.1) is 0 Å². The monoisotopic (exact) mass is 336 g/mol. The molecule has 0 amide bonds. The molecular weight excluding hydrogens is 312 g/mol. The fourth-order valence-corrected chi connectivity index (χ4v) is 3.87. The fraction of sp³-hybridized carbons (Fsp3) is 0.611. The van der Waals surface area contributed by atoms with E-state index in [1.165, 1.54) is 11.1 Å². The van der Waals surface area contributed by atoms with Crippen molar-refractivity contribution in [2.75, 3.05) is 5.33 Å². The zero-order valence-electron chi connectivity index (χ0n) is 13.4. The summed E-state index contributed by atoms with van der Waals surface area (Å²) in [6.45, 7) is 13.7. The molecule has 0 N–H and O–H groups in total. The minimum atomic E-state index is 0.138. The summed E-state index contributed by atoms with van der Waals surface area (Å²) in [6, 6.07) is 4.41. The fourth-order valence-electron chi connectivity index (χ4n) is 3.57. The van der Waals surface area contributed by atoms with Crippen LogP contribution in [-0.2, 0) is 10.8 Å². The molecule has 2 rings (SSSR count). The largest absolute Gasteiger partial charge is 0.293 e. The molecule has 0 radical (unpaired) electrons. The number of aryl methyl sites for hydroxylation is 1. The summed E-state index contributed by atoms with van der Waals surface area (Å²) < 4.78 is 0. The predicted octanol–water partition coefficient (Wildman–Crippen LogP) is 5.17. The molecule has 0 saturated heterocycles. The van der Waals surface area contributed by atoms with Crippen LogP contribution in [0, 0.1) is 12.8 Å². The summed E-state index contributed by atoms with van der Waals surface area (Å²) in [7, 11) is 0. The number of alkyl halides is 1. The van der Waals surface area contributed by atoms with Crippen LogP contribution in [0.15, 0.2) is 12.1 Å². The van der Waals surface area contributed by atoms with Gasteiger partial charge in [0.15, 0.2) is 5.78 Å². The van der Waals surface area contributed by atoms with Crippen LogP contribution in [0.2, 0.25) is 0 Å². The van der Waals surface area contributed by atoms with Crippen LogP contribution < -0.4 is 0 Å². The van der Waals surface area contributed by atoms with Crippen LogP contribution in [-0.4, -0.2) is 11.1 Å². The highest BCUT2D eigenvalue weighted by Gasteiger charge is 2.42. The molecule has 1 aliphatic rings. The average molecular weight is 337 g/mol. The highest BCUT2D eigenvalue weighted by Crippen LogP contribution is 2.49. The second kappa shape index (κ2) is 4.98. The zero-order chi connectivity index (χ0) is 15.3. The van der Waals surface area contributed by atoms with Gasteiger partial charge in [-0.05, 0) is 52.8 Å². The van der Waals surface area contributed by atoms with Crippen molar-refractivity contribution in [1.82, 2.24) is 0 Å². The molecular formula is C18H25BrO. The molecule has 1 aliphatic carbocycles. The van der Waals surface area contributed by atoms with Gasteiger partial charge in [0.2, 0.25) is 0 Å². The Labute approximate surface area is 131 Å². The molecule has 0 aromatic heterocycles. The zero-order valence-corrected chi connectivity index (χ0v) is 15.0. The number of carbonyl (C=O) groups is 1. The Morgan fingerprint density at radius 3 is 2.40 bits per heavy atom. The Balaban J connectivity index is 2.71. The molecule has 0 saturated carbocycles. The summed E-state index contributed by atoms with van der Waals surface area (Å²) in [5.41, 5.74) is 5.07. The van der Waals surface area contributed by atoms with Crippen LogP contribution >= 0.6 is 15.9 Å². The molecule has 1 nitrogen and oxygen atoms in total. The van der Waals surface area contributed by atoms with Gasteiger partial charge in [0.05, 0.1) is 5.33 Å². The highest BCUT2D eigenvalue weighted by molar-refractivity contribution is 9.09. The quantitative estimate of drug-likeness (QED) is 0.538. The number of carbonyl (C=O) groups excluding carboxylic acids is 1. The smallest absolute Gasteiger partial charge is 0.173 e. The maximum absolute atomic E-state index is 12.1. The third kappa shape index (κ3) is 2.36. The first-order valence-electron chi connectivity index (χ1n) is 7.36. The number of benzene rings is 1. The van der Waals surface area contributed by atoms with Crippen molar-refractivity contribution < 1.29 is 4.79 Å². The Bertz CT molecular complexity index is 555. The van der Waals surface area contributed by atoms with Gasteiger partial charge in [-0.1, -0.05) is 56.6 Å². The molecule has 110 valence electrons. The number of Topliss-reactive ketones (excluding diaryl/α,β-unsaturated/α-hetero) is 1. The first-order chi connectivity index (χ1) is 9.11. The van der Waals surface area contributed by atoms with Crippen LogP contribution in [0.3, 0.4) is 0 Å². The molecule has 1 unspecified atom stereocenters. The average Bonchev–Trinajstić information content (AvgIpc) is 2.35. The predicted molar refractivity (Wildman–Crippen MR) is 89.1 cm³/mol. The number of hydrogen-bond donors (Lipinski definition) is 0. The summed E-state index contributed by atoms with van der Waals surface area (Å²) in [6.07, 6.45) is 1.16. The Morgan fingerprint density at radius 1 is 1.25 bits per heavy atom. The third-order valence-electron chi connectivity index (χ3n) is 5.26. The van der Waals surface area contributed by atoms with E-state index in [9.17, 15) is 4.79 Å². The van der Waals surface area contributed by atoms with Gasteiger partial charge in [0.25, 0.3) is 0 Å². The number of rotatable bonds is 2. The van der Waals surface area contributed by atoms with E-state index in [1.54, 1.807) is 0 Å². The lowest BCUT2D eigenvalue weighted by Gasteiger charge is -2.47. The molecule has 0 fully saturated rings. The summed E-state index contributed by atoms with van der Waals surface area (Å²) in [5.74, 6) is 0.819. The second-order valence-corrected chi connectivity index (χ2v) is 8.04. The molecule has 1 atom stereocenters. The maximum atomic E-state index is 12.1. The van der Waals surface area contributed by atoms with Crippen LogP contribution in [0.1, 0.15) is 68.1 Å². The van der Waals surface area contributed by atoms with E-state index in [0.717, 1.165) is 17.5 Å². The lowest BCUT2D eigenvalue weighted by atomic mass is 9.58. The molecule has 0 heterocycles. The first kappa shape index (κ1) is 15.8. The van der Waals surface area contributed by atoms with E-state index in [1.807, 2.05) is 0 Å². The summed E-state index contributed by atoms with van der Waals surface area (Å²) in [5, 5.41) is 0.396. The number of fused-ring (bicyclic) bond motifs is 1. The van der Waals surface area contributed by atoms with Gasteiger partial charge < -0.3 is 0 Å². The van der Waals surface area contributed by atoms with Gasteiger partial charge in [-0.2, -0.15) is 0 Å². The lowest BCUT2D eigenvalue weighted by molar-refractivity contribution is 0.102. The Hall–Kier alpha value is -0.630. The van der Waals surface area contributed by atoms with E-state index < -0.39 is 0 Å². The van der Waals surface area contributed by atoms with Gasteiger partial charge in [-0.3, -0.25) is 4.79 Å². The van der Waals surface area contributed by atoms with Crippen molar-refractivity contribution in [2.45, 2.75) is 58.8 Å². The first-order valence-corrected chi connectivity index (χ1v) is 8.48. The van der Waals surface area contributed by atoms with Crippen molar-refractivity contribution in [3.05, 3.63) is 34.4 Å². The number of halogens is 1.